The van der Waals surface area contributed by atoms with Crippen LogP contribution in [0.4, 0.5) is 0 Å². The fourth-order valence-corrected chi connectivity index (χ4v) is 5.74. The number of hydrogen-bond acceptors (Lipinski definition) is 3. The SMILES string of the molecule is CCCCCCCCCOS(=O)(=O)c1c(CCCCCCCCC)ccc2ccccc12.[Zn]. The number of hydrogen-bond donors (Lipinski definition) is 0. The van der Waals surface area contributed by atoms with E-state index in [4.69, 9.17) is 4.18 Å². The molecule has 0 amide bonds. The molecule has 2 rings (SSSR count). The van der Waals surface area contributed by atoms with Gasteiger partial charge in [0, 0.05) is 24.9 Å². The Hall–Kier alpha value is -0.767. The van der Waals surface area contributed by atoms with Crippen molar-refractivity contribution in [3.63, 3.8) is 0 Å². The molecule has 0 radical (unpaired) electrons. The molecule has 0 unspecified atom stereocenters. The van der Waals surface area contributed by atoms with Gasteiger partial charge in [-0.1, -0.05) is 127 Å². The van der Waals surface area contributed by atoms with Gasteiger partial charge in [0.05, 0.1) is 6.61 Å². The van der Waals surface area contributed by atoms with Gasteiger partial charge in [0.2, 0.25) is 0 Å². The number of aryl methyl sites for hydroxylation is 1. The quantitative estimate of drug-likeness (QED) is 0.111. The van der Waals surface area contributed by atoms with Gasteiger partial charge in [-0.15, -0.1) is 0 Å². The van der Waals surface area contributed by atoms with Crippen molar-refractivity contribution in [3.05, 3.63) is 42.0 Å². The Kier molecular flexibility index (Phi) is 16.2. The zero-order chi connectivity index (χ0) is 23.1. The largest absolute Gasteiger partial charge is 0.297 e. The minimum Gasteiger partial charge on any atom is -0.266 e. The molecule has 0 heterocycles. The van der Waals surface area contributed by atoms with E-state index in [2.05, 4.69) is 13.8 Å². The molecule has 0 aliphatic rings. The van der Waals surface area contributed by atoms with Crippen LogP contribution in [0.2, 0.25) is 0 Å². The van der Waals surface area contributed by atoms with Crippen LogP contribution in [0.25, 0.3) is 10.8 Å². The van der Waals surface area contributed by atoms with Gasteiger partial charge in [-0.25, -0.2) is 0 Å². The van der Waals surface area contributed by atoms with Gasteiger partial charge in [0.25, 0.3) is 10.1 Å². The summed E-state index contributed by atoms with van der Waals surface area (Å²) in [5, 5.41) is 1.74. The van der Waals surface area contributed by atoms with E-state index in [0.717, 1.165) is 54.9 Å². The summed E-state index contributed by atoms with van der Waals surface area (Å²) >= 11 is 0. The molecule has 0 N–H and O–H groups in total. The summed E-state index contributed by atoms with van der Waals surface area (Å²) in [7, 11) is -3.77. The maximum atomic E-state index is 13.2. The topological polar surface area (TPSA) is 43.4 Å². The van der Waals surface area contributed by atoms with Gasteiger partial charge in [-0.05, 0) is 30.2 Å². The van der Waals surface area contributed by atoms with Crippen LogP contribution in [0.1, 0.15) is 109 Å². The van der Waals surface area contributed by atoms with E-state index in [0.29, 0.717) is 4.90 Å². The molecule has 0 saturated heterocycles. The van der Waals surface area contributed by atoms with Gasteiger partial charge in [-0.2, -0.15) is 8.42 Å². The van der Waals surface area contributed by atoms with Gasteiger partial charge < -0.3 is 0 Å². The summed E-state index contributed by atoms with van der Waals surface area (Å²) in [4.78, 5) is 0.393. The van der Waals surface area contributed by atoms with Crippen LogP contribution < -0.4 is 0 Å². The average molecular weight is 526 g/mol. The van der Waals surface area contributed by atoms with E-state index in [9.17, 15) is 8.42 Å². The van der Waals surface area contributed by atoms with Crippen molar-refractivity contribution >= 4 is 20.9 Å². The Balaban J connectivity index is 0.00000544. The maximum absolute atomic E-state index is 13.2. The molecule has 0 aromatic heterocycles. The molecule has 182 valence electrons. The predicted molar refractivity (Wildman–Crippen MR) is 137 cm³/mol. The van der Waals surface area contributed by atoms with E-state index in [1.165, 1.54) is 57.8 Å². The van der Waals surface area contributed by atoms with Gasteiger partial charge in [0.1, 0.15) is 4.90 Å². The third kappa shape index (κ3) is 11.0. The molecule has 33 heavy (non-hydrogen) atoms. The van der Waals surface area contributed by atoms with Crippen molar-refractivity contribution in [2.24, 2.45) is 0 Å². The van der Waals surface area contributed by atoms with E-state index in [1.807, 2.05) is 36.4 Å². The predicted octanol–water partition coefficient (Wildman–Crippen LogP) is 8.59. The van der Waals surface area contributed by atoms with Crippen molar-refractivity contribution in [3.8, 4) is 0 Å². The van der Waals surface area contributed by atoms with Crippen molar-refractivity contribution in [2.75, 3.05) is 6.61 Å². The van der Waals surface area contributed by atoms with Crippen LogP contribution in [-0.4, -0.2) is 15.0 Å². The fraction of sp³-hybridized carbons (Fsp3) is 0.643. The van der Waals surface area contributed by atoms with Crippen LogP contribution in [0.3, 0.4) is 0 Å². The van der Waals surface area contributed by atoms with Crippen LogP contribution in [0, 0.1) is 0 Å². The molecule has 0 saturated carbocycles. The first kappa shape index (κ1) is 30.3. The van der Waals surface area contributed by atoms with Crippen molar-refractivity contribution in [2.45, 2.75) is 115 Å². The molecule has 5 heteroatoms. The molecule has 2 aromatic rings. The fourth-order valence-electron chi connectivity index (χ4n) is 4.34. The molecular formula is C28H44O3SZn. The smallest absolute Gasteiger partial charge is 0.266 e. The number of benzene rings is 2. The number of rotatable bonds is 18. The Morgan fingerprint density at radius 2 is 1.21 bits per heavy atom. The van der Waals surface area contributed by atoms with Crippen LogP contribution >= 0.6 is 0 Å². The second-order valence-corrected chi connectivity index (χ2v) is 10.6. The van der Waals surface area contributed by atoms with Gasteiger partial charge in [-0.3, -0.25) is 4.18 Å². The number of unbranched alkanes of at least 4 members (excludes halogenated alkanes) is 12. The molecule has 0 fully saturated rings. The van der Waals surface area contributed by atoms with E-state index < -0.39 is 10.1 Å². The monoisotopic (exact) mass is 524 g/mol. The molecule has 0 spiro atoms. The van der Waals surface area contributed by atoms with Crippen LogP contribution in [-0.2, 0) is 40.2 Å². The third-order valence-electron chi connectivity index (χ3n) is 6.25. The Morgan fingerprint density at radius 1 is 0.667 bits per heavy atom. The van der Waals surface area contributed by atoms with E-state index in [1.54, 1.807) is 0 Å². The van der Waals surface area contributed by atoms with E-state index in [-0.39, 0.29) is 26.1 Å². The standard InChI is InChI=1S/C28H44O3S.Zn/c1-3-5-7-9-11-13-15-20-26-23-22-25-19-16-17-21-27(25)28(26)32(29,30)31-24-18-14-12-10-8-6-4-2;/h16-17,19,21-23H,3-15,18,20,24H2,1-2H3;. The molecule has 0 bridgehead atoms. The zero-order valence-corrected chi connectivity index (χ0v) is 24.9. The van der Waals surface area contributed by atoms with Crippen molar-refractivity contribution < 1.29 is 32.1 Å². The Bertz CT molecular complexity index is 880. The van der Waals surface area contributed by atoms with Gasteiger partial charge in [0.15, 0.2) is 0 Å². The Morgan fingerprint density at radius 3 is 1.85 bits per heavy atom. The van der Waals surface area contributed by atoms with Gasteiger partial charge >= 0.3 is 0 Å². The first-order chi connectivity index (χ1) is 15.6. The second-order valence-electron chi connectivity index (χ2n) is 9.04. The molecule has 3 nitrogen and oxygen atoms in total. The molecule has 0 aliphatic heterocycles. The van der Waals surface area contributed by atoms with E-state index >= 15 is 0 Å². The summed E-state index contributed by atoms with van der Waals surface area (Å²) in [6.45, 7) is 4.72. The third-order valence-corrected chi connectivity index (χ3v) is 7.71. The summed E-state index contributed by atoms with van der Waals surface area (Å²) in [6, 6.07) is 11.8. The second kappa shape index (κ2) is 17.6. The molecule has 0 atom stereocenters. The average Bonchev–Trinajstić information content (AvgIpc) is 2.79. The normalized spacial score (nSPS) is 11.6. The summed E-state index contributed by atoms with van der Waals surface area (Å²) < 4.78 is 32.0. The Labute approximate surface area is 216 Å². The molecule has 0 aliphatic carbocycles. The summed E-state index contributed by atoms with van der Waals surface area (Å²) in [5.74, 6) is 0. The molecule has 2 aromatic carbocycles. The van der Waals surface area contributed by atoms with Crippen LogP contribution in [0.5, 0.6) is 0 Å². The first-order valence-electron chi connectivity index (χ1n) is 13.0. The number of fused-ring (bicyclic) bond motifs is 1. The van der Waals surface area contributed by atoms with Crippen molar-refractivity contribution in [1.29, 1.82) is 0 Å². The zero-order valence-electron chi connectivity index (χ0n) is 21.1. The summed E-state index contributed by atoms with van der Waals surface area (Å²) in [5.41, 5.74) is 0.900. The van der Waals surface area contributed by atoms with Crippen molar-refractivity contribution in [1.82, 2.24) is 0 Å². The molecular weight excluding hydrogens is 482 g/mol. The minimum atomic E-state index is -3.77. The maximum Gasteiger partial charge on any atom is 0.297 e. The minimum absolute atomic E-state index is 0. The van der Waals surface area contributed by atoms with Crippen LogP contribution in [0.15, 0.2) is 41.3 Å². The summed E-state index contributed by atoms with van der Waals surface area (Å²) in [6.07, 6.45) is 17.3. The first-order valence-corrected chi connectivity index (χ1v) is 14.4.